The third-order valence-corrected chi connectivity index (χ3v) is 8.48. The highest BCUT2D eigenvalue weighted by Gasteiger charge is 2.17. The van der Waals surface area contributed by atoms with Crippen LogP contribution in [0.1, 0.15) is 21.5 Å². The van der Waals surface area contributed by atoms with Crippen LogP contribution in [0.5, 0.6) is 5.75 Å². The van der Waals surface area contributed by atoms with Crippen molar-refractivity contribution in [1.82, 2.24) is 30.0 Å². The summed E-state index contributed by atoms with van der Waals surface area (Å²) in [5.41, 5.74) is 11.4. The van der Waals surface area contributed by atoms with Crippen molar-refractivity contribution in [3.8, 4) is 28.3 Å². The molecule has 0 aliphatic heterocycles. The second-order valence-corrected chi connectivity index (χ2v) is 12.8. The molecule has 0 saturated carbocycles. The maximum atomic E-state index is 11.7. The van der Waals surface area contributed by atoms with Crippen LogP contribution in [0.3, 0.4) is 0 Å². The molecule has 7 aromatic rings. The average molecular weight is 712 g/mol. The molecule has 1 N–H and O–H groups in total. The smallest absolute Gasteiger partial charge is 0.337 e. The van der Waals surface area contributed by atoms with Crippen LogP contribution in [0, 0.1) is 13.8 Å². The van der Waals surface area contributed by atoms with Gasteiger partial charge in [0.2, 0.25) is 0 Å². The lowest BCUT2D eigenvalue weighted by Gasteiger charge is -2.17. The summed E-state index contributed by atoms with van der Waals surface area (Å²) in [6.07, 6.45) is 1.37. The number of methoxy groups -OCH3 is 2. The summed E-state index contributed by atoms with van der Waals surface area (Å²) >= 11 is 0. The number of carbonyl (C=O) groups is 1. The summed E-state index contributed by atoms with van der Waals surface area (Å²) in [6, 6.07) is 28.7. The van der Waals surface area contributed by atoms with Crippen LogP contribution in [0.25, 0.3) is 44.6 Å². The first-order valence-electron chi connectivity index (χ1n) is 16.7. The number of fused-ring (bicyclic) bond motifs is 2. The summed E-state index contributed by atoms with van der Waals surface area (Å²) in [5.74, 6) is -0.269. The van der Waals surface area contributed by atoms with Crippen molar-refractivity contribution in [1.29, 1.82) is 0 Å². The zero-order chi connectivity index (χ0) is 37.8. The summed E-state index contributed by atoms with van der Waals surface area (Å²) in [4.78, 5) is 23.1. The Labute approximate surface area is 307 Å². The van der Waals surface area contributed by atoms with Gasteiger partial charge in [0, 0.05) is 33.9 Å². The Hall–Kier alpha value is -6.76. The number of aromatic nitrogens is 6. The molecule has 7 rings (SSSR count). The van der Waals surface area contributed by atoms with E-state index in [1.54, 1.807) is 31.4 Å². The number of anilines is 2. The van der Waals surface area contributed by atoms with Crippen molar-refractivity contribution in [2.45, 2.75) is 13.8 Å². The highest BCUT2D eigenvalue weighted by Crippen LogP contribution is 2.33. The van der Waals surface area contributed by atoms with Crippen LogP contribution >= 0.6 is 0 Å². The Bertz CT molecular complexity index is 2450. The van der Waals surface area contributed by atoms with E-state index in [0.29, 0.717) is 22.3 Å². The molecule has 270 valence electrons. The first kappa shape index (κ1) is 36.0. The molecule has 5 aromatic carbocycles. The molecule has 0 radical (unpaired) electrons. The number of aryl methyl sites for hydroxylation is 2. The molecule has 13 nitrogen and oxygen atoms in total. The number of phenolic OH excluding ortho intramolecular Hbond substituents is 1. The van der Waals surface area contributed by atoms with Gasteiger partial charge in [-0.3, -0.25) is 0 Å². The molecule has 0 atom stereocenters. The number of hydrogen-bond donors (Lipinski definition) is 1. The maximum absolute atomic E-state index is 11.7. The first-order valence-corrected chi connectivity index (χ1v) is 16.7. The third kappa shape index (κ3) is 7.64. The third-order valence-electron chi connectivity index (χ3n) is 8.48. The lowest BCUT2D eigenvalue weighted by molar-refractivity contribution is 0.0601. The van der Waals surface area contributed by atoms with Crippen molar-refractivity contribution in [3.63, 3.8) is 0 Å². The zero-order valence-corrected chi connectivity index (χ0v) is 30.9. The van der Waals surface area contributed by atoms with E-state index in [4.69, 9.17) is 9.47 Å². The van der Waals surface area contributed by atoms with E-state index in [9.17, 15) is 9.90 Å². The van der Waals surface area contributed by atoms with E-state index >= 15 is 0 Å². The molecule has 0 bridgehead atoms. The molecule has 0 fully saturated rings. The fraction of sp³-hybridized carbons (Fsp3) is 0.200. The second kappa shape index (κ2) is 15.2. The summed E-state index contributed by atoms with van der Waals surface area (Å²) in [6.45, 7) is 3.97. The topological polar surface area (TPSA) is 136 Å². The second-order valence-electron chi connectivity index (χ2n) is 12.8. The van der Waals surface area contributed by atoms with Crippen LogP contribution in [0.15, 0.2) is 96.0 Å². The van der Waals surface area contributed by atoms with E-state index in [1.807, 2.05) is 113 Å². The molecular weight excluding hydrogens is 670 g/mol. The Morgan fingerprint density at radius 1 is 0.736 bits per heavy atom. The van der Waals surface area contributed by atoms with Gasteiger partial charge in [0.05, 0.1) is 31.2 Å². The monoisotopic (exact) mass is 711 g/mol. The summed E-state index contributed by atoms with van der Waals surface area (Å²) in [7, 11) is 10.9. The minimum absolute atomic E-state index is 0.140. The number of rotatable bonds is 8. The predicted molar refractivity (Wildman–Crippen MR) is 209 cm³/mol. The highest BCUT2D eigenvalue weighted by atomic mass is 16.5. The largest absolute Gasteiger partial charge is 0.506 e. The van der Waals surface area contributed by atoms with Crippen molar-refractivity contribution in [2.24, 2.45) is 4.99 Å². The zero-order valence-electron chi connectivity index (χ0n) is 30.9. The lowest BCUT2D eigenvalue weighted by atomic mass is 10.1. The predicted octanol–water partition coefficient (Wildman–Crippen LogP) is 7.06. The van der Waals surface area contributed by atoms with Crippen molar-refractivity contribution < 1.29 is 19.4 Å². The molecule has 0 saturated heterocycles. The quantitative estimate of drug-likeness (QED) is 0.0992. The molecule has 13 heteroatoms. The Morgan fingerprint density at radius 2 is 1.45 bits per heavy atom. The van der Waals surface area contributed by atoms with Crippen LogP contribution in [0.2, 0.25) is 0 Å². The molecule has 2 aromatic heterocycles. The van der Waals surface area contributed by atoms with Crippen molar-refractivity contribution in [3.05, 3.63) is 108 Å². The first-order chi connectivity index (χ1) is 25.5. The van der Waals surface area contributed by atoms with Gasteiger partial charge in [-0.1, -0.05) is 42.5 Å². The molecule has 0 aliphatic carbocycles. The van der Waals surface area contributed by atoms with E-state index in [2.05, 4.69) is 31.5 Å². The van der Waals surface area contributed by atoms with Crippen molar-refractivity contribution in [2.75, 3.05) is 52.2 Å². The lowest BCUT2D eigenvalue weighted by Crippen LogP contribution is -2.13. The van der Waals surface area contributed by atoms with Gasteiger partial charge < -0.3 is 24.4 Å². The molecule has 0 amide bonds. The number of aromatic hydroxyl groups is 1. The van der Waals surface area contributed by atoms with E-state index in [1.165, 1.54) is 23.1 Å². The maximum Gasteiger partial charge on any atom is 0.337 e. The van der Waals surface area contributed by atoms with Crippen LogP contribution in [-0.4, -0.2) is 89.9 Å². The standard InChI is InChI=1S/C22H23N5O.C18H18N4O3/c1-25(2)17-13-18-22(20(14-17)26(3)4)24-27(23-18)19-11-10-16(12-21(19)28)15-8-6-5-7-9-15;1-11-7-12(2)17(19-10-24-3)16(8-11)22-20-14-6-5-13(18(23)25-4)9-15(14)21-22/h5-14,28H,1-4H3;5-10H,1-4H3. The average Bonchev–Trinajstić information content (AvgIpc) is 3.78. The normalized spacial score (nSPS) is 11.1. The molecule has 53 heavy (non-hydrogen) atoms. The van der Waals surface area contributed by atoms with Crippen LogP contribution < -0.4 is 9.80 Å². The molecule has 0 unspecified atom stereocenters. The fourth-order valence-electron chi connectivity index (χ4n) is 5.83. The SMILES string of the molecule is CN(C)c1cc(N(C)C)c2nn(-c3ccc(-c4ccccc4)cc3O)nc2c1.COC=Nc1c(C)cc(C)cc1-n1nc2ccc(C(=O)OC)cc2n1. The Kier molecular flexibility index (Phi) is 10.4. The molecule has 0 aliphatic rings. The molecule has 0 spiro atoms. The fourth-order valence-corrected chi connectivity index (χ4v) is 5.83. The number of nitrogens with zero attached hydrogens (tertiary/aromatic N) is 9. The van der Waals surface area contributed by atoms with Gasteiger partial charge in [-0.25, -0.2) is 9.79 Å². The molecular formula is C40H41N9O4. The number of aliphatic imine (C=N–C) groups is 1. The number of phenols is 1. The molecule has 2 heterocycles. The van der Waals surface area contributed by atoms with Gasteiger partial charge in [0.25, 0.3) is 0 Å². The number of ether oxygens (including phenoxy) is 2. The van der Waals surface area contributed by atoms with Gasteiger partial charge in [0.15, 0.2) is 6.40 Å². The number of carbonyl (C=O) groups excluding carboxylic acids is 1. The van der Waals surface area contributed by atoms with Crippen LogP contribution in [-0.2, 0) is 9.47 Å². The number of esters is 1. The van der Waals surface area contributed by atoms with Gasteiger partial charge >= 0.3 is 5.97 Å². The number of hydrogen-bond acceptors (Lipinski definition) is 11. The van der Waals surface area contributed by atoms with Crippen molar-refractivity contribution >= 4 is 51.5 Å². The van der Waals surface area contributed by atoms with Gasteiger partial charge in [0.1, 0.15) is 39.2 Å². The van der Waals surface area contributed by atoms with E-state index in [-0.39, 0.29) is 5.75 Å². The highest BCUT2D eigenvalue weighted by molar-refractivity contribution is 5.93. The van der Waals surface area contributed by atoms with E-state index in [0.717, 1.165) is 56.0 Å². The van der Waals surface area contributed by atoms with Crippen LogP contribution in [0.4, 0.5) is 17.1 Å². The minimum atomic E-state index is -0.409. The Balaban J connectivity index is 0.000000183. The van der Waals surface area contributed by atoms with Gasteiger partial charge in [-0.2, -0.15) is 0 Å². The van der Waals surface area contributed by atoms with Gasteiger partial charge in [-0.05, 0) is 84.6 Å². The van der Waals surface area contributed by atoms with E-state index < -0.39 is 5.97 Å². The minimum Gasteiger partial charge on any atom is -0.506 e. The Morgan fingerprint density at radius 3 is 2.13 bits per heavy atom. The van der Waals surface area contributed by atoms with Gasteiger partial charge in [-0.15, -0.1) is 30.0 Å². The number of benzene rings is 5. The summed E-state index contributed by atoms with van der Waals surface area (Å²) < 4.78 is 9.69. The summed E-state index contributed by atoms with van der Waals surface area (Å²) in [5, 5.41) is 28.9.